The predicted molar refractivity (Wildman–Crippen MR) is 79.5 cm³/mol. The van der Waals surface area contributed by atoms with Crippen LogP contribution >= 0.6 is 0 Å². The molecule has 6 nitrogen and oxygen atoms in total. The molecule has 1 aromatic carbocycles. The maximum Gasteiger partial charge on any atom is 0.317 e. The minimum atomic E-state index is -0.919. The molecule has 1 rings (SSSR count). The van der Waals surface area contributed by atoms with E-state index < -0.39 is 11.9 Å². The van der Waals surface area contributed by atoms with E-state index in [-0.39, 0.29) is 12.6 Å². The van der Waals surface area contributed by atoms with Crippen LogP contribution in [0.5, 0.6) is 5.75 Å². The third kappa shape index (κ3) is 5.72. The second kappa shape index (κ2) is 8.14. The lowest BCUT2D eigenvalue weighted by Gasteiger charge is -2.20. The number of aryl methyl sites for hydroxylation is 1. The average molecular weight is 294 g/mol. The molecule has 21 heavy (non-hydrogen) atoms. The fourth-order valence-electron chi connectivity index (χ4n) is 1.74. The highest BCUT2D eigenvalue weighted by Gasteiger charge is 2.16. The smallest absolute Gasteiger partial charge is 0.317 e. The normalized spacial score (nSPS) is 11.6. The Labute approximate surface area is 124 Å². The molecule has 0 spiro atoms. The molecule has 0 saturated heterocycles. The van der Waals surface area contributed by atoms with Crippen molar-refractivity contribution in [2.75, 3.05) is 26.7 Å². The Bertz CT molecular complexity index is 490. The van der Waals surface area contributed by atoms with Crippen molar-refractivity contribution in [2.24, 2.45) is 5.92 Å². The summed E-state index contributed by atoms with van der Waals surface area (Å²) in [7, 11) is 1.57. The summed E-state index contributed by atoms with van der Waals surface area (Å²) in [5.74, 6) is -0.721. The number of ether oxygens (including phenoxy) is 1. The molecule has 2 N–H and O–H groups in total. The van der Waals surface area contributed by atoms with Gasteiger partial charge in [0, 0.05) is 13.6 Å². The van der Waals surface area contributed by atoms with Crippen LogP contribution in [0.4, 0.5) is 4.79 Å². The second-order valence-corrected chi connectivity index (χ2v) is 4.97. The summed E-state index contributed by atoms with van der Waals surface area (Å²) in [6, 6.07) is 7.34. The van der Waals surface area contributed by atoms with Crippen LogP contribution in [0.2, 0.25) is 0 Å². The zero-order chi connectivity index (χ0) is 15.8. The maximum atomic E-state index is 11.7. The van der Waals surface area contributed by atoms with Gasteiger partial charge in [0.25, 0.3) is 0 Å². The first-order valence-electron chi connectivity index (χ1n) is 6.82. The van der Waals surface area contributed by atoms with E-state index in [1.165, 1.54) is 4.90 Å². The van der Waals surface area contributed by atoms with Crippen molar-refractivity contribution in [1.82, 2.24) is 10.2 Å². The molecule has 0 aliphatic heterocycles. The summed E-state index contributed by atoms with van der Waals surface area (Å²) in [4.78, 5) is 23.8. The third-order valence-corrected chi connectivity index (χ3v) is 3.05. The van der Waals surface area contributed by atoms with Crippen LogP contribution in [0, 0.1) is 12.8 Å². The van der Waals surface area contributed by atoms with Gasteiger partial charge >= 0.3 is 12.0 Å². The van der Waals surface area contributed by atoms with E-state index in [2.05, 4.69) is 5.32 Å². The van der Waals surface area contributed by atoms with Gasteiger partial charge < -0.3 is 20.1 Å². The number of rotatable bonds is 7. The van der Waals surface area contributed by atoms with Gasteiger partial charge in [-0.3, -0.25) is 4.79 Å². The molecular formula is C15H22N2O4. The van der Waals surface area contributed by atoms with Crippen LogP contribution in [-0.2, 0) is 4.79 Å². The number of nitrogens with one attached hydrogen (secondary N) is 1. The molecule has 1 aromatic rings. The molecule has 0 aliphatic rings. The second-order valence-electron chi connectivity index (χ2n) is 4.97. The minimum absolute atomic E-state index is 0.166. The highest BCUT2D eigenvalue weighted by Crippen LogP contribution is 2.15. The van der Waals surface area contributed by atoms with Crippen molar-refractivity contribution in [2.45, 2.75) is 13.8 Å². The highest BCUT2D eigenvalue weighted by atomic mass is 16.5. The van der Waals surface area contributed by atoms with Crippen molar-refractivity contribution in [3.63, 3.8) is 0 Å². The van der Waals surface area contributed by atoms with Crippen molar-refractivity contribution in [3.05, 3.63) is 29.8 Å². The van der Waals surface area contributed by atoms with Gasteiger partial charge in [-0.25, -0.2) is 4.79 Å². The lowest BCUT2D eigenvalue weighted by atomic mass is 10.2. The summed E-state index contributed by atoms with van der Waals surface area (Å²) in [6.45, 7) is 4.40. The molecule has 2 amide bonds. The van der Waals surface area contributed by atoms with Gasteiger partial charge in [-0.2, -0.15) is 0 Å². The van der Waals surface area contributed by atoms with E-state index >= 15 is 0 Å². The third-order valence-electron chi connectivity index (χ3n) is 3.05. The lowest BCUT2D eigenvalue weighted by molar-refractivity contribution is -0.141. The topological polar surface area (TPSA) is 78.9 Å². The number of amides is 2. The summed E-state index contributed by atoms with van der Waals surface area (Å²) >= 11 is 0. The molecule has 1 atom stereocenters. The standard InChI is InChI=1S/C15H22N2O4/c1-11-6-4-5-7-13(11)21-9-8-16-15(20)17(3)10-12(2)14(18)19/h4-7,12H,8-10H2,1-3H3,(H,16,20)(H,18,19). The first-order valence-corrected chi connectivity index (χ1v) is 6.82. The number of para-hydroxylation sites is 1. The number of urea groups is 1. The number of hydrogen-bond acceptors (Lipinski definition) is 3. The van der Waals surface area contributed by atoms with Gasteiger partial charge in [-0.1, -0.05) is 25.1 Å². The van der Waals surface area contributed by atoms with Gasteiger partial charge in [0.05, 0.1) is 12.5 Å². The molecule has 116 valence electrons. The largest absolute Gasteiger partial charge is 0.491 e. The monoisotopic (exact) mass is 294 g/mol. The number of aliphatic carboxylic acids is 1. The molecule has 0 saturated carbocycles. The summed E-state index contributed by atoms with van der Waals surface area (Å²) in [6.07, 6.45) is 0. The molecule has 0 heterocycles. The number of hydrogen-bond donors (Lipinski definition) is 2. The van der Waals surface area contributed by atoms with Crippen molar-refractivity contribution < 1.29 is 19.4 Å². The molecule has 0 fully saturated rings. The van der Waals surface area contributed by atoms with Crippen LogP contribution < -0.4 is 10.1 Å². The molecule has 0 bridgehead atoms. The Hall–Kier alpha value is -2.24. The van der Waals surface area contributed by atoms with Crippen molar-refractivity contribution in [3.8, 4) is 5.75 Å². The van der Waals surface area contributed by atoms with Gasteiger partial charge in [0.1, 0.15) is 12.4 Å². The van der Waals surface area contributed by atoms with Crippen LogP contribution in [0.25, 0.3) is 0 Å². The SMILES string of the molecule is Cc1ccccc1OCCNC(=O)N(C)CC(C)C(=O)O. The molecular weight excluding hydrogens is 272 g/mol. The first kappa shape index (κ1) is 16.8. The zero-order valence-electron chi connectivity index (χ0n) is 12.6. The van der Waals surface area contributed by atoms with E-state index in [4.69, 9.17) is 9.84 Å². The number of carboxylic acid groups (broad SMARTS) is 1. The van der Waals surface area contributed by atoms with E-state index in [0.717, 1.165) is 11.3 Å². The Kier molecular flexibility index (Phi) is 6.52. The quantitative estimate of drug-likeness (QED) is 0.751. The lowest BCUT2D eigenvalue weighted by Crippen LogP contribution is -2.42. The van der Waals surface area contributed by atoms with Gasteiger partial charge in [0.15, 0.2) is 0 Å². The van der Waals surface area contributed by atoms with E-state index in [0.29, 0.717) is 13.2 Å². The number of carboxylic acids is 1. The molecule has 1 unspecified atom stereocenters. The number of carbonyl (C=O) groups is 2. The van der Waals surface area contributed by atoms with Gasteiger partial charge in [0.2, 0.25) is 0 Å². The van der Waals surface area contributed by atoms with E-state index in [1.807, 2.05) is 31.2 Å². The molecule has 0 aromatic heterocycles. The molecule has 0 aliphatic carbocycles. The Morgan fingerprint density at radius 1 is 1.38 bits per heavy atom. The van der Waals surface area contributed by atoms with Crippen LogP contribution in [0.1, 0.15) is 12.5 Å². The highest BCUT2D eigenvalue weighted by molar-refractivity contribution is 5.75. The molecule has 0 radical (unpaired) electrons. The summed E-state index contributed by atoms with van der Waals surface area (Å²) in [5, 5.41) is 11.5. The summed E-state index contributed by atoms with van der Waals surface area (Å²) in [5.41, 5.74) is 1.04. The number of benzene rings is 1. The van der Waals surface area contributed by atoms with E-state index in [1.54, 1.807) is 14.0 Å². The maximum absolute atomic E-state index is 11.7. The average Bonchev–Trinajstić information content (AvgIpc) is 2.44. The minimum Gasteiger partial charge on any atom is -0.491 e. The summed E-state index contributed by atoms with van der Waals surface area (Å²) < 4.78 is 5.56. The number of carbonyl (C=O) groups excluding carboxylic acids is 1. The predicted octanol–water partition coefficient (Wildman–Crippen LogP) is 1.74. The van der Waals surface area contributed by atoms with Crippen molar-refractivity contribution in [1.29, 1.82) is 0 Å². The Morgan fingerprint density at radius 3 is 2.67 bits per heavy atom. The Balaban J connectivity index is 2.27. The van der Waals surface area contributed by atoms with Crippen LogP contribution in [0.3, 0.4) is 0 Å². The first-order chi connectivity index (χ1) is 9.91. The van der Waals surface area contributed by atoms with Crippen molar-refractivity contribution >= 4 is 12.0 Å². The Morgan fingerprint density at radius 2 is 2.05 bits per heavy atom. The van der Waals surface area contributed by atoms with Crippen LogP contribution in [0.15, 0.2) is 24.3 Å². The zero-order valence-corrected chi connectivity index (χ0v) is 12.6. The van der Waals surface area contributed by atoms with Gasteiger partial charge in [-0.05, 0) is 18.6 Å². The molecule has 6 heteroatoms. The van der Waals surface area contributed by atoms with E-state index in [9.17, 15) is 9.59 Å². The van der Waals surface area contributed by atoms with Gasteiger partial charge in [-0.15, -0.1) is 0 Å². The fourth-order valence-corrected chi connectivity index (χ4v) is 1.74. The van der Waals surface area contributed by atoms with Crippen LogP contribution in [-0.4, -0.2) is 48.8 Å². The fraction of sp³-hybridized carbons (Fsp3) is 0.467. The number of nitrogens with zero attached hydrogens (tertiary/aromatic N) is 1.